The lowest BCUT2D eigenvalue weighted by atomic mass is 9.89. The van der Waals surface area contributed by atoms with E-state index in [1.807, 2.05) is 5.48 Å². The lowest BCUT2D eigenvalue weighted by molar-refractivity contribution is -0.144. The van der Waals surface area contributed by atoms with Gasteiger partial charge in [0.2, 0.25) is 5.91 Å². The van der Waals surface area contributed by atoms with Gasteiger partial charge in [-0.05, 0) is 50.7 Å². The number of nitrogens with two attached hydrogens (primary N) is 1. The minimum Gasteiger partial charge on any atom is -0.461 e. The van der Waals surface area contributed by atoms with Gasteiger partial charge in [0.05, 0.1) is 12.5 Å². The summed E-state index contributed by atoms with van der Waals surface area (Å²) in [7, 11) is 0. The van der Waals surface area contributed by atoms with E-state index in [0.29, 0.717) is 18.4 Å². The van der Waals surface area contributed by atoms with Gasteiger partial charge in [-0.2, -0.15) is 5.48 Å². The molecule has 2 atom stereocenters. The van der Waals surface area contributed by atoms with Crippen molar-refractivity contribution in [1.82, 2.24) is 16.1 Å². The lowest BCUT2D eigenvalue weighted by Gasteiger charge is -2.24. The Morgan fingerprint density at radius 3 is 2.24 bits per heavy atom. The number of benzene rings is 1. The van der Waals surface area contributed by atoms with Crippen molar-refractivity contribution >= 4 is 35.6 Å². The Morgan fingerprint density at radius 2 is 1.67 bits per heavy atom. The number of esters is 1. The molecule has 0 saturated carbocycles. The van der Waals surface area contributed by atoms with E-state index in [4.69, 9.17) is 26.5 Å². The number of hydrogen-bond acceptors (Lipinski definition) is 9. The molecule has 0 aromatic heterocycles. The van der Waals surface area contributed by atoms with Gasteiger partial charge in [-0.15, -0.1) is 12.3 Å². The second-order valence-electron chi connectivity index (χ2n) is 11.8. The van der Waals surface area contributed by atoms with Crippen LogP contribution < -0.4 is 21.8 Å². The van der Waals surface area contributed by atoms with Gasteiger partial charge in [-0.3, -0.25) is 24.0 Å². The number of carbonyl (C=O) groups is 6. The lowest BCUT2D eigenvalue weighted by Crippen LogP contribution is -2.46. The molecular formula is C32H46N4O9. The van der Waals surface area contributed by atoms with E-state index in [2.05, 4.69) is 16.6 Å². The van der Waals surface area contributed by atoms with Crippen LogP contribution in [-0.2, 0) is 46.5 Å². The van der Waals surface area contributed by atoms with Gasteiger partial charge in [0.25, 0.3) is 0 Å². The van der Waals surface area contributed by atoms with Gasteiger partial charge >= 0.3 is 18.1 Å². The fraction of sp³-hybridized carbons (Fsp3) is 0.562. The maximum Gasteiger partial charge on any atom is 0.431 e. The van der Waals surface area contributed by atoms with Crippen LogP contribution in [0.5, 0.6) is 0 Å². The summed E-state index contributed by atoms with van der Waals surface area (Å²) < 4.78 is 10.2. The average Bonchev–Trinajstić information content (AvgIpc) is 2.94. The zero-order valence-corrected chi connectivity index (χ0v) is 26.7. The fourth-order valence-corrected chi connectivity index (χ4v) is 4.01. The Balaban J connectivity index is 2.84. The topological polar surface area (TPSA) is 192 Å². The van der Waals surface area contributed by atoms with E-state index in [0.717, 1.165) is 5.56 Å². The molecule has 0 unspecified atom stereocenters. The van der Waals surface area contributed by atoms with E-state index in [1.54, 1.807) is 58.9 Å². The Kier molecular flexibility index (Phi) is 16.9. The number of nitrogens with one attached hydrogen (secondary N) is 3. The number of terminal acetylenes is 1. The van der Waals surface area contributed by atoms with Crippen LogP contribution in [0.25, 0.3) is 0 Å². The molecule has 248 valence electrons. The van der Waals surface area contributed by atoms with Crippen molar-refractivity contribution in [3.05, 3.63) is 35.4 Å². The van der Waals surface area contributed by atoms with E-state index < -0.39 is 54.0 Å². The zero-order chi connectivity index (χ0) is 34.0. The van der Waals surface area contributed by atoms with Crippen molar-refractivity contribution < 1.29 is 43.1 Å². The molecule has 4 amide bonds. The van der Waals surface area contributed by atoms with Gasteiger partial charge in [0.1, 0.15) is 18.8 Å². The Morgan fingerprint density at radius 1 is 1.02 bits per heavy atom. The number of rotatable bonds is 19. The third-order valence-corrected chi connectivity index (χ3v) is 6.33. The summed E-state index contributed by atoms with van der Waals surface area (Å²) in [5.74, 6) is -0.238. The number of ketones is 2. The minimum absolute atomic E-state index is 0.00584. The number of carbonyl (C=O) groups excluding carboxylic acids is 6. The molecule has 0 aliphatic rings. The summed E-state index contributed by atoms with van der Waals surface area (Å²) in [6.45, 7) is 8.39. The van der Waals surface area contributed by atoms with Crippen molar-refractivity contribution in [3.8, 4) is 12.3 Å². The zero-order valence-electron chi connectivity index (χ0n) is 26.7. The number of hydrogen-bond donors (Lipinski definition) is 4. The van der Waals surface area contributed by atoms with Crippen LogP contribution in [-0.4, -0.2) is 60.4 Å². The minimum atomic E-state index is -0.898. The van der Waals surface area contributed by atoms with E-state index in [9.17, 15) is 28.8 Å². The van der Waals surface area contributed by atoms with Crippen LogP contribution in [0.2, 0.25) is 0 Å². The van der Waals surface area contributed by atoms with Crippen molar-refractivity contribution in [3.63, 3.8) is 0 Å². The number of ether oxygens (including phenoxy) is 2. The molecule has 0 bridgehead atoms. The molecule has 0 aliphatic carbocycles. The molecule has 1 rings (SSSR count). The van der Waals surface area contributed by atoms with Gasteiger partial charge in [0, 0.05) is 31.7 Å². The quantitative estimate of drug-likeness (QED) is 0.0770. The van der Waals surface area contributed by atoms with Gasteiger partial charge < -0.3 is 25.8 Å². The summed E-state index contributed by atoms with van der Waals surface area (Å²) in [5, 5.41) is 5.25. The van der Waals surface area contributed by atoms with E-state index >= 15 is 0 Å². The first-order chi connectivity index (χ1) is 21.1. The predicted molar refractivity (Wildman–Crippen MR) is 165 cm³/mol. The molecule has 13 heteroatoms. The van der Waals surface area contributed by atoms with Crippen LogP contribution in [0.15, 0.2) is 24.3 Å². The number of urea groups is 1. The molecule has 1 aromatic rings. The normalized spacial score (nSPS) is 12.3. The Hall–Kier alpha value is -4.44. The summed E-state index contributed by atoms with van der Waals surface area (Å²) in [6, 6.07) is 5.34. The van der Waals surface area contributed by atoms with Crippen LogP contribution in [0, 0.1) is 24.2 Å². The summed E-state index contributed by atoms with van der Waals surface area (Å²) in [5.41, 5.74) is 7.83. The number of hydroxylamine groups is 1. The highest BCUT2D eigenvalue weighted by Gasteiger charge is 2.29. The standard InChI is InChI=1S/C32H46N4O9/c1-7-8-11-28(39)43-19-23-14-12-22(13-15-23)17-27(38)26(10-9-16-34-30(33)41)35-29(40)25(21(2)3)18-24(37)20-44-36-31(42)45-32(4,5)6/h1,12-15,21,25-26H,8-11,16-20H2,2-6H3,(H,35,40)(H,36,42)(H3,33,34,41)/t25-,26-/m0/s1. The third kappa shape index (κ3) is 17.4. The molecule has 5 N–H and O–H groups in total. The second kappa shape index (κ2) is 19.8. The fourth-order valence-electron chi connectivity index (χ4n) is 4.01. The van der Waals surface area contributed by atoms with Crippen LogP contribution in [0.1, 0.15) is 77.8 Å². The summed E-state index contributed by atoms with van der Waals surface area (Å²) in [4.78, 5) is 78.7. The first kappa shape index (κ1) is 38.6. The van der Waals surface area contributed by atoms with Gasteiger partial charge in [-0.25, -0.2) is 9.59 Å². The molecular weight excluding hydrogens is 584 g/mol. The monoisotopic (exact) mass is 630 g/mol. The van der Waals surface area contributed by atoms with Crippen molar-refractivity contribution in [1.29, 1.82) is 0 Å². The smallest absolute Gasteiger partial charge is 0.431 e. The average molecular weight is 631 g/mol. The highest BCUT2D eigenvalue weighted by Crippen LogP contribution is 2.18. The Labute approximate surface area is 264 Å². The highest BCUT2D eigenvalue weighted by molar-refractivity contribution is 5.93. The predicted octanol–water partition coefficient (Wildman–Crippen LogP) is 2.88. The summed E-state index contributed by atoms with van der Waals surface area (Å²) in [6.07, 6.45) is 5.14. The molecule has 0 radical (unpaired) electrons. The molecule has 45 heavy (non-hydrogen) atoms. The van der Waals surface area contributed by atoms with Crippen LogP contribution in [0.3, 0.4) is 0 Å². The molecule has 0 fully saturated rings. The van der Waals surface area contributed by atoms with Crippen molar-refractivity contribution in [2.45, 2.75) is 91.4 Å². The number of primary amides is 1. The molecule has 0 aliphatic heterocycles. The highest BCUT2D eigenvalue weighted by atomic mass is 16.7. The van der Waals surface area contributed by atoms with Gasteiger partial charge in [0.15, 0.2) is 11.6 Å². The van der Waals surface area contributed by atoms with Crippen molar-refractivity contribution in [2.75, 3.05) is 13.2 Å². The molecule has 13 nitrogen and oxygen atoms in total. The van der Waals surface area contributed by atoms with Crippen molar-refractivity contribution in [2.24, 2.45) is 17.6 Å². The van der Waals surface area contributed by atoms with Crippen LogP contribution >= 0.6 is 0 Å². The van der Waals surface area contributed by atoms with E-state index in [1.165, 1.54) is 0 Å². The van der Waals surface area contributed by atoms with E-state index in [-0.39, 0.29) is 50.5 Å². The maximum atomic E-state index is 13.3. The van der Waals surface area contributed by atoms with Gasteiger partial charge in [-0.1, -0.05) is 38.1 Å². The number of Topliss-reactive ketones (excluding diaryl/α,β-unsaturated/α-hetero) is 2. The molecule has 0 spiro atoms. The Bertz CT molecular complexity index is 1200. The number of amides is 4. The first-order valence-corrected chi connectivity index (χ1v) is 14.8. The third-order valence-electron chi connectivity index (χ3n) is 6.33. The SMILES string of the molecule is C#CCCC(=O)OCc1ccc(CC(=O)[C@H](CCCNC(N)=O)NC(=O)[C@@H](CC(=O)CONC(=O)OC(C)(C)C)C(C)C)cc1. The molecule has 1 aromatic carbocycles. The van der Waals surface area contributed by atoms with Crippen LogP contribution in [0.4, 0.5) is 9.59 Å². The first-order valence-electron chi connectivity index (χ1n) is 14.8. The summed E-state index contributed by atoms with van der Waals surface area (Å²) >= 11 is 0. The largest absolute Gasteiger partial charge is 0.461 e. The second-order valence-corrected chi connectivity index (χ2v) is 11.8. The maximum absolute atomic E-state index is 13.3. The molecule has 0 saturated heterocycles. The molecule has 0 heterocycles.